The van der Waals surface area contributed by atoms with Crippen LogP contribution in [0.2, 0.25) is 0 Å². The first kappa shape index (κ1) is 9.75. The van der Waals surface area contributed by atoms with Crippen molar-refractivity contribution in [3.63, 3.8) is 0 Å². The van der Waals surface area contributed by atoms with Crippen molar-refractivity contribution in [3.05, 3.63) is 12.2 Å². The Morgan fingerprint density at radius 3 is 3.00 bits per heavy atom. The van der Waals surface area contributed by atoms with Crippen LogP contribution in [0, 0.1) is 0 Å². The Hall–Kier alpha value is -0.340. The topological polar surface area (TPSA) is 29.3 Å². The fourth-order valence-electron chi connectivity index (χ4n) is 1.64. The molecule has 2 N–H and O–H groups in total. The first-order valence-corrected chi connectivity index (χ1v) is 4.81. The van der Waals surface area contributed by atoms with Gasteiger partial charge in [0.2, 0.25) is 0 Å². The van der Waals surface area contributed by atoms with Gasteiger partial charge in [0.1, 0.15) is 0 Å². The lowest BCUT2D eigenvalue weighted by atomic mass is 10.1. The molecule has 0 aromatic carbocycles. The second-order valence-corrected chi connectivity index (χ2v) is 3.91. The van der Waals surface area contributed by atoms with Gasteiger partial charge in [0.15, 0.2) is 0 Å². The molecule has 1 saturated heterocycles. The van der Waals surface area contributed by atoms with E-state index in [2.05, 4.69) is 18.4 Å². The molecule has 0 aromatic heterocycles. The summed E-state index contributed by atoms with van der Waals surface area (Å²) in [6.07, 6.45) is 3.58. The zero-order valence-electron chi connectivity index (χ0n) is 8.05. The van der Waals surface area contributed by atoms with Crippen molar-refractivity contribution >= 4 is 0 Å². The van der Waals surface area contributed by atoms with Crippen LogP contribution in [-0.2, 0) is 0 Å². The molecular weight excluding hydrogens is 148 g/mol. The van der Waals surface area contributed by atoms with Gasteiger partial charge in [-0.25, -0.2) is 0 Å². The Kier molecular flexibility index (Phi) is 3.76. The minimum atomic E-state index is 0.406. The normalized spacial score (nSPS) is 25.7. The largest absolute Gasteiger partial charge is 0.327 e. The molecule has 1 fully saturated rings. The summed E-state index contributed by atoms with van der Waals surface area (Å²) in [5.41, 5.74) is 7.14. The summed E-state index contributed by atoms with van der Waals surface area (Å²) in [6.45, 7) is 9.43. The van der Waals surface area contributed by atoms with Gasteiger partial charge >= 0.3 is 0 Å². The van der Waals surface area contributed by atoms with Gasteiger partial charge < -0.3 is 10.6 Å². The summed E-state index contributed by atoms with van der Waals surface area (Å²) in [4.78, 5) is 2.45. The van der Waals surface area contributed by atoms with Crippen LogP contribution in [0.25, 0.3) is 0 Å². The van der Waals surface area contributed by atoms with E-state index in [0.717, 1.165) is 19.5 Å². The quantitative estimate of drug-likeness (QED) is 0.645. The molecule has 0 aliphatic carbocycles. The zero-order valence-corrected chi connectivity index (χ0v) is 8.05. The molecular formula is C10H20N2. The average Bonchev–Trinajstić information content (AvgIpc) is 2.01. The highest BCUT2D eigenvalue weighted by Gasteiger charge is 2.15. The van der Waals surface area contributed by atoms with Gasteiger partial charge in [-0.3, -0.25) is 0 Å². The van der Waals surface area contributed by atoms with Crippen LogP contribution < -0.4 is 5.73 Å². The third-order valence-electron chi connectivity index (χ3n) is 2.40. The summed E-state index contributed by atoms with van der Waals surface area (Å²) in [5, 5.41) is 0. The highest BCUT2D eigenvalue weighted by Crippen LogP contribution is 2.09. The number of nitrogens with zero attached hydrogens (tertiary/aromatic N) is 1. The summed E-state index contributed by atoms with van der Waals surface area (Å²) in [6, 6.07) is 0.406. The van der Waals surface area contributed by atoms with E-state index >= 15 is 0 Å². The fraction of sp³-hybridized carbons (Fsp3) is 0.800. The third-order valence-corrected chi connectivity index (χ3v) is 2.40. The van der Waals surface area contributed by atoms with Crippen LogP contribution in [-0.4, -0.2) is 30.6 Å². The molecule has 0 aromatic rings. The molecule has 0 saturated carbocycles. The van der Waals surface area contributed by atoms with E-state index in [1.807, 2.05) is 0 Å². The second kappa shape index (κ2) is 4.63. The number of hydrogen-bond acceptors (Lipinski definition) is 2. The molecule has 1 aliphatic rings. The van der Waals surface area contributed by atoms with E-state index in [1.165, 1.54) is 25.0 Å². The predicted octanol–water partition coefficient (Wildman–Crippen LogP) is 1.38. The number of piperidine rings is 1. The Morgan fingerprint density at radius 2 is 2.42 bits per heavy atom. The van der Waals surface area contributed by atoms with Gasteiger partial charge in [-0.1, -0.05) is 5.57 Å². The van der Waals surface area contributed by atoms with Gasteiger partial charge in [-0.2, -0.15) is 0 Å². The van der Waals surface area contributed by atoms with E-state index in [0.29, 0.717) is 6.04 Å². The van der Waals surface area contributed by atoms with Crippen LogP contribution in [0.5, 0.6) is 0 Å². The summed E-state index contributed by atoms with van der Waals surface area (Å²) in [7, 11) is 0. The van der Waals surface area contributed by atoms with Crippen LogP contribution >= 0.6 is 0 Å². The molecule has 70 valence electrons. The molecule has 0 bridgehead atoms. The van der Waals surface area contributed by atoms with Crippen LogP contribution in [0.4, 0.5) is 0 Å². The van der Waals surface area contributed by atoms with Crippen molar-refractivity contribution in [3.8, 4) is 0 Å². The zero-order chi connectivity index (χ0) is 8.97. The van der Waals surface area contributed by atoms with Crippen molar-refractivity contribution in [2.24, 2.45) is 5.73 Å². The lowest BCUT2D eigenvalue weighted by Crippen LogP contribution is -2.43. The van der Waals surface area contributed by atoms with Gasteiger partial charge in [0.25, 0.3) is 0 Å². The maximum absolute atomic E-state index is 5.87. The molecule has 2 heteroatoms. The first-order chi connectivity index (χ1) is 5.68. The van der Waals surface area contributed by atoms with Gasteiger partial charge in [-0.15, -0.1) is 6.58 Å². The highest BCUT2D eigenvalue weighted by atomic mass is 15.1. The number of hydrogen-bond donors (Lipinski definition) is 1. The van der Waals surface area contributed by atoms with Crippen molar-refractivity contribution in [2.45, 2.75) is 32.2 Å². The van der Waals surface area contributed by atoms with E-state index in [1.54, 1.807) is 0 Å². The first-order valence-electron chi connectivity index (χ1n) is 4.81. The van der Waals surface area contributed by atoms with Crippen molar-refractivity contribution in [2.75, 3.05) is 19.6 Å². The van der Waals surface area contributed by atoms with Crippen LogP contribution in [0.3, 0.4) is 0 Å². The summed E-state index contributed by atoms with van der Waals surface area (Å²) < 4.78 is 0. The molecule has 0 amide bonds. The Labute approximate surface area is 75.4 Å². The van der Waals surface area contributed by atoms with Gasteiger partial charge in [-0.05, 0) is 32.7 Å². The van der Waals surface area contributed by atoms with E-state index in [4.69, 9.17) is 5.73 Å². The van der Waals surface area contributed by atoms with Crippen LogP contribution in [0.1, 0.15) is 26.2 Å². The standard InChI is InChI=1S/C10H20N2/c1-9(2)5-7-12-6-3-4-10(11)8-12/h10H,1,3-8,11H2,2H3. The Bertz CT molecular complexity index is 154. The van der Waals surface area contributed by atoms with Gasteiger partial charge in [0.05, 0.1) is 0 Å². The Morgan fingerprint density at radius 1 is 1.67 bits per heavy atom. The number of rotatable bonds is 3. The third kappa shape index (κ3) is 3.37. The molecule has 2 nitrogen and oxygen atoms in total. The predicted molar refractivity (Wildman–Crippen MR) is 53.1 cm³/mol. The SMILES string of the molecule is C=C(C)CCN1CCCC(N)C1. The fourth-order valence-corrected chi connectivity index (χ4v) is 1.64. The van der Waals surface area contributed by atoms with Crippen molar-refractivity contribution in [1.82, 2.24) is 4.90 Å². The maximum atomic E-state index is 5.87. The molecule has 1 aliphatic heterocycles. The summed E-state index contributed by atoms with van der Waals surface area (Å²) >= 11 is 0. The van der Waals surface area contributed by atoms with E-state index < -0.39 is 0 Å². The maximum Gasteiger partial charge on any atom is 0.0168 e. The van der Waals surface area contributed by atoms with Crippen molar-refractivity contribution in [1.29, 1.82) is 0 Å². The lowest BCUT2D eigenvalue weighted by Gasteiger charge is -2.30. The average molecular weight is 168 g/mol. The monoisotopic (exact) mass is 168 g/mol. The van der Waals surface area contributed by atoms with E-state index in [9.17, 15) is 0 Å². The number of likely N-dealkylation sites (tertiary alicyclic amines) is 1. The molecule has 12 heavy (non-hydrogen) atoms. The highest BCUT2D eigenvalue weighted by molar-refractivity contribution is 4.89. The second-order valence-electron chi connectivity index (χ2n) is 3.91. The molecule has 0 radical (unpaired) electrons. The summed E-state index contributed by atoms with van der Waals surface area (Å²) in [5.74, 6) is 0. The van der Waals surface area contributed by atoms with E-state index in [-0.39, 0.29) is 0 Å². The molecule has 1 rings (SSSR count). The van der Waals surface area contributed by atoms with Crippen molar-refractivity contribution < 1.29 is 0 Å². The molecule has 1 atom stereocenters. The Balaban J connectivity index is 2.18. The smallest absolute Gasteiger partial charge is 0.0168 e. The van der Waals surface area contributed by atoms with Crippen LogP contribution in [0.15, 0.2) is 12.2 Å². The molecule has 0 spiro atoms. The molecule has 1 heterocycles. The number of nitrogens with two attached hydrogens (primary N) is 1. The minimum Gasteiger partial charge on any atom is -0.327 e. The minimum absolute atomic E-state index is 0.406. The lowest BCUT2D eigenvalue weighted by molar-refractivity contribution is 0.211. The van der Waals surface area contributed by atoms with Gasteiger partial charge in [0, 0.05) is 19.1 Å². The molecule has 1 unspecified atom stereocenters.